The minimum absolute atomic E-state index is 0.0116. The Labute approximate surface area is 124 Å². The lowest BCUT2D eigenvalue weighted by atomic mass is 10.1. The summed E-state index contributed by atoms with van der Waals surface area (Å²) in [5, 5.41) is 19.7. The van der Waals surface area contributed by atoms with Crippen LogP contribution < -0.4 is 0 Å². The summed E-state index contributed by atoms with van der Waals surface area (Å²) in [4.78, 5) is 24.1. The van der Waals surface area contributed by atoms with E-state index in [1.807, 2.05) is 0 Å². The second-order valence-electron chi connectivity index (χ2n) is 4.75. The number of hydrogen-bond acceptors (Lipinski definition) is 4. The van der Waals surface area contributed by atoms with Crippen molar-refractivity contribution in [3.8, 4) is 0 Å². The molecule has 1 aliphatic rings. The van der Waals surface area contributed by atoms with Crippen molar-refractivity contribution in [3.05, 3.63) is 38.3 Å². The Bertz CT molecular complexity index is 531. The molecule has 0 atom stereocenters. The smallest absolute Gasteiger partial charge is 0.270 e. The van der Waals surface area contributed by atoms with Gasteiger partial charge in [-0.15, -0.1) is 0 Å². The van der Waals surface area contributed by atoms with Gasteiger partial charge in [-0.05, 0) is 18.4 Å². The van der Waals surface area contributed by atoms with Crippen LogP contribution >= 0.6 is 15.9 Å². The van der Waals surface area contributed by atoms with E-state index in [1.165, 1.54) is 12.1 Å². The zero-order valence-electron chi connectivity index (χ0n) is 10.8. The Balaban J connectivity index is 2.08. The first-order valence-electron chi connectivity index (χ1n) is 6.36. The minimum atomic E-state index is -0.474. The van der Waals surface area contributed by atoms with Crippen molar-refractivity contribution in [3.63, 3.8) is 0 Å². The van der Waals surface area contributed by atoms with E-state index in [2.05, 4.69) is 15.9 Å². The first-order valence-corrected chi connectivity index (χ1v) is 7.15. The van der Waals surface area contributed by atoms with Gasteiger partial charge in [0.05, 0.1) is 18.0 Å². The Kier molecular flexibility index (Phi) is 4.72. The molecule has 108 valence electrons. The standard InChI is InChI=1S/C13H15BrN2O4/c14-12-8-11(16(19)20)2-1-9(12)7-13(18)15(5-6-17)10-3-4-10/h1-2,8,10,17H,3-7H2. The molecule has 7 heteroatoms. The SMILES string of the molecule is O=C(Cc1ccc([N+](=O)[O-])cc1Br)N(CCO)C1CC1. The van der Waals surface area contributed by atoms with Crippen molar-refractivity contribution in [2.75, 3.05) is 13.2 Å². The number of carbonyl (C=O) groups is 1. The average Bonchev–Trinajstić information content (AvgIpc) is 3.22. The molecule has 1 aromatic carbocycles. The number of rotatable bonds is 6. The van der Waals surface area contributed by atoms with Crippen molar-refractivity contribution in [1.29, 1.82) is 0 Å². The van der Waals surface area contributed by atoms with Gasteiger partial charge in [0, 0.05) is 29.2 Å². The van der Waals surface area contributed by atoms with Crippen molar-refractivity contribution in [2.45, 2.75) is 25.3 Å². The van der Waals surface area contributed by atoms with Crippen LogP contribution in [0.25, 0.3) is 0 Å². The first-order chi connectivity index (χ1) is 9.52. The summed E-state index contributed by atoms with van der Waals surface area (Å²) < 4.78 is 0.555. The van der Waals surface area contributed by atoms with Crippen molar-refractivity contribution in [2.24, 2.45) is 0 Å². The van der Waals surface area contributed by atoms with E-state index in [0.717, 1.165) is 12.8 Å². The van der Waals surface area contributed by atoms with Crippen LogP contribution in [0.3, 0.4) is 0 Å². The maximum absolute atomic E-state index is 12.2. The molecule has 0 saturated heterocycles. The number of aliphatic hydroxyl groups is 1. The van der Waals surface area contributed by atoms with Crippen molar-refractivity contribution < 1.29 is 14.8 Å². The number of benzene rings is 1. The minimum Gasteiger partial charge on any atom is -0.395 e. The van der Waals surface area contributed by atoms with Gasteiger partial charge < -0.3 is 10.0 Å². The third-order valence-corrected chi connectivity index (χ3v) is 3.98. The van der Waals surface area contributed by atoms with Gasteiger partial charge in [0.2, 0.25) is 5.91 Å². The molecular formula is C13H15BrN2O4. The number of carbonyl (C=O) groups excluding carboxylic acids is 1. The quantitative estimate of drug-likeness (QED) is 0.631. The van der Waals surface area contributed by atoms with E-state index in [4.69, 9.17) is 5.11 Å². The highest BCUT2D eigenvalue weighted by Gasteiger charge is 2.32. The van der Waals surface area contributed by atoms with Gasteiger partial charge >= 0.3 is 0 Å². The second-order valence-corrected chi connectivity index (χ2v) is 5.61. The van der Waals surface area contributed by atoms with Crippen LogP contribution in [0.4, 0.5) is 5.69 Å². The molecule has 1 aromatic rings. The topological polar surface area (TPSA) is 83.7 Å². The second kappa shape index (κ2) is 6.32. The van der Waals surface area contributed by atoms with Gasteiger partial charge in [-0.3, -0.25) is 14.9 Å². The molecule has 1 N–H and O–H groups in total. The zero-order valence-corrected chi connectivity index (χ0v) is 12.4. The Morgan fingerprint density at radius 3 is 2.70 bits per heavy atom. The molecule has 6 nitrogen and oxygen atoms in total. The summed E-state index contributed by atoms with van der Waals surface area (Å²) in [6, 6.07) is 4.62. The van der Waals surface area contributed by atoms with Gasteiger partial charge in [-0.25, -0.2) is 0 Å². The van der Waals surface area contributed by atoms with Gasteiger partial charge in [0.25, 0.3) is 5.69 Å². The Morgan fingerprint density at radius 2 is 2.20 bits per heavy atom. The predicted molar refractivity (Wildman–Crippen MR) is 76.3 cm³/mol. The van der Waals surface area contributed by atoms with E-state index >= 15 is 0 Å². The molecule has 1 fully saturated rings. The number of nitro benzene ring substituents is 1. The molecule has 0 bridgehead atoms. The lowest BCUT2D eigenvalue weighted by molar-refractivity contribution is -0.384. The van der Waals surface area contributed by atoms with Crippen molar-refractivity contribution in [1.82, 2.24) is 4.90 Å². The lowest BCUT2D eigenvalue weighted by Crippen LogP contribution is -2.36. The van der Waals surface area contributed by atoms with Crippen LogP contribution in [0.2, 0.25) is 0 Å². The fraction of sp³-hybridized carbons (Fsp3) is 0.462. The summed E-state index contributed by atoms with van der Waals surface area (Å²) in [5.41, 5.74) is 0.701. The Hall–Kier alpha value is -1.47. The van der Waals surface area contributed by atoms with E-state index in [0.29, 0.717) is 16.6 Å². The highest BCUT2D eigenvalue weighted by molar-refractivity contribution is 9.10. The van der Waals surface area contributed by atoms with E-state index < -0.39 is 4.92 Å². The number of aliphatic hydroxyl groups excluding tert-OH is 1. The monoisotopic (exact) mass is 342 g/mol. The third kappa shape index (κ3) is 3.55. The number of amides is 1. The molecule has 0 aromatic heterocycles. The predicted octanol–water partition coefficient (Wildman–Crippen LogP) is 1.88. The summed E-state index contributed by atoms with van der Waals surface area (Å²) in [7, 11) is 0. The molecule has 0 unspecified atom stereocenters. The van der Waals surface area contributed by atoms with Gasteiger partial charge in [-0.1, -0.05) is 22.0 Å². The molecule has 1 amide bonds. The van der Waals surface area contributed by atoms with E-state index in [1.54, 1.807) is 11.0 Å². The van der Waals surface area contributed by atoms with Crippen LogP contribution in [0.5, 0.6) is 0 Å². The van der Waals surface area contributed by atoms with Gasteiger partial charge in [0.1, 0.15) is 0 Å². The van der Waals surface area contributed by atoms with E-state index in [-0.39, 0.29) is 30.7 Å². The molecule has 1 aliphatic carbocycles. The van der Waals surface area contributed by atoms with Gasteiger partial charge in [0.15, 0.2) is 0 Å². The first kappa shape index (κ1) is 14.9. The molecule has 20 heavy (non-hydrogen) atoms. The summed E-state index contributed by atoms with van der Waals surface area (Å²) in [6.07, 6.45) is 2.13. The number of nitrogens with zero attached hydrogens (tertiary/aromatic N) is 2. The zero-order chi connectivity index (χ0) is 14.7. The molecule has 0 radical (unpaired) electrons. The average molecular weight is 343 g/mol. The largest absolute Gasteiger partial charge is 0.395 e. The van der Waals surface area contributed by atoms with Crippen LogP contribution in [-0.2, 0) is 11.2 Å². The summed E-state index contributed by atoms with van der Waals surface area (Å²) in [5.74, 6) is -0.0592. The van der Waals surface area contributed by atoms with Crippen LogP contribution in [0, 0.1) is 10.1 Å². The lowest BCUT2D eigenvalue weighted by Gasteiger charge is -2.21. The maximum atomic E-state index is 12.2. The Morgan fingerprint density at radius 1 is 1.50 bits per heavy atom. The number of halogens is 1. The molecule has 0 heterocycles. The highest BCUT2D eigenvalue weighted by atomic mass is 79.9. The third-order valence-electron chi connectivity index (χ3n) is 3.24. The molecular weight excluding hydrogens is 328 g/mol. The number of hydrogen-bond donors (Lipinski definition) is 1. The van der Waals surface area contributed by atoms with Crippen LogP contribution in [0.15, 0.2) is 22.7 Å². The van der Waals surface area contributed by atoms with Crippen LogP contribution in [-0.4, -0.2) is 40.0 Å². The van der Waals surface area contributed by atoms with E-state index in [9.17, 15) is 14.9 Å². The molecule has 0 spiro atoms. The normalized spacial score (nSPS) is 14.1. The van der Waals surface area contributed by atoms with Gasteiger partial charge in [-0.2, -0.15) is 0 Å². The number of nitro groups is 1. The summed E-state index contributed by atoms with van der Waals surface area (Å²) in [6.45, 7) is 0.289. The van der Waals surface area contributed by atoms with Crippen LogP contribution in [0.1, 0.15) is 18.4 Å². The summed E-state index contributed by atoms with van der Waals surface area (Å²) >= 11 is 3.26. The molecule has 0 aliphatic heterocycles. The fourth-order valence-corrected chi connectivity index (χ4v) is 2.57. The molecule has 2 rings (SSSR count). The van der Waals surface area contributed by atoms with Crippen molar-refractivity contribution >= 4 is 27.5 Å². The molecule has 1 saturated carbocycles. The highest BCUT2D eigenvalue weighted by Crippen LogP contribution is 2.28. The maximum Gasteiger partial charge on any atom is 0.270 e. The number of non-ortho nitro benzene ring substituents is 1. The fourth-order valence-electron chi connectivity index (χ4n) is 2.06.